The zero-order valence-electron chi connectivity index (χ0n) is 8.67. The Morgan fingerprint density at radius 1 is 1.24 bits per heavy atom. The van der Waals surface area contributed by atoms with Crippen molar-refractivity contribution in [1.29, 1.82) is 0 Å². The van der Waals surface area contributed by atoms with Crippen LogP contribution in [0.25, 0.3) is 0 Å². The molecule has 0 N–H and O–H groups in total. The largest absolute Gasteiger partial charge is 0.472 e. The number of ether oxygens (including phenoxy) is 1. The first-order valence-corrected chi connectivity index (χ1v) is 4.98. The van der Waals surface area contributed by atoms with Crippen LogP contribution < -0.4 is 0 Å². The Bertz CT molecular complexity index is 424. The Hall–Kier alpha value is -1.59. The quantitative estimate of drug-likeness (QED) is 0.736. The molecule has 2 nitrogen and oxygen atoms in total. The Balaban J connectivity index is 2.00. The summed E-state index contributed by atoms with van der Waals surface area (Å²) in [7, 11) is 0. The van der Waals surface area contributed by atoms with Gasteiger partial charge in [0.1, 0.15) is 11.9 Å². The maximum Gasteiger partial charge on any atom is 0.392 e. The minimum absolute atomic E-state index is 0.0216. The lowest BCUT2D eigenvalue weighted by Gasteiger charge is -2.13. The van der Waals surface area contributed by atoms with Gasteiger partial charge in [-0.25, -0.2) is 9.38 Å². The van der Waals surface area contributed by atoms with E-state index in [0.29, 0.717) is 5.56 Å². The number of benzene rings is 1. The van der Waals surface area contributed by atoms with Gasteiger partial charge in [0.2, 0.25) is 5.90 Å². The average molecular weight is 247 g/mol. The Morgan fingerprint density at radius 2 is 1.88 bits per heavy atom. The van der Waals surface area contributed by atoms with Crippen LogP contribution in [0.2, 0.25) is 0 Å². The fourth-order valence-corrected chi connectivity index (χ4v) is 1.53. The predicted molar refractivity (Wildman–Crippen MR) is 53.3 cm³/mol. The summed E-state index contributed by atoms with van der Waals surface area (Å²) >= 11 is 0. The second-order valence-corrected chi connectivity index (χ2v) is 3.71. The van der Waals surface area contributed by atoms with Crippen LogP contribution in [0.5, 0.6) is 0 Å². The lowest BCUT2D eigenvalue weighted by molar-refractivity contribution is -0.149. The highest BCUT2D eigenvalue weighted by molar-refractivity contribution is 5.95. The van der Waals surface area contributed by atoms with Gasteiger partial charge in [0, 0.05) is 5.56 Å². The normalized spacial score (nSPS) is 20.0. The van der Waals surface area contributed by atoms with Crippen LogP contribution in [0.1, 0.15) is 12.0 Å². The van der Waals surface area contributed by atoms with E-state index in [-0.39, 0.29) is 12.4 Å². The summed E-state index contributed by atoms with van der Waals surface area (Å²) in [6.07, 6.45) is -6.27. The zero-order chi connectivity index (χ0) is 12.5. The fraction of sp³-hybridized carbons (Fsp3) is 0.364. The van der Waals surface area contributed by atoms with E-state index in [1.807, 2.05) is 0 Å². The second kappa shape index (κ2) is 4.35. The van der Waals surface area contributed by atoms with Crippen LogP contribution in [-0.2, 0) is 4.74 Å². The molecular formula is C11H9F4NO. The third kappa shape index (κ3) is 3.18. The van der Waals surface area contributed by atoms with Gasteiger partial charge in [-0.1, -0.05) is 0 Å². The molecular weight excluding hydrogens is 238 g/mol. The molecule has 1 aromatic rings. The second-order valence-electron chi connectivity index (χ2n) is 3.71. The smallest absolute Gasteiger partial charge is 0.392 e. The summed E-state index contributed by atoms with van der Waals surface area (Å²) in [5, 5.41) is 0. The van der Waals surface area contributed by atoms with Gasteiger partial charge in [0.05, 0.1) is 13.0 Å². The molecule has 0 aliphatic carbocycles. The van der Waals surface area contributed by atoms with Crippen LogP contribution in [0, 0.1) is 5.82 Å². The molecule has 0 radical (unpaired) electrons. The summed E-state index contributed by atoms with van der Waals surface area (Å²) in [6, 6.07) is 5.25. The number of aliphatic imine (C=N–C) groups is 1. The minimum atomic E-state index is -4.27. The molecule has 0 saturated carbocycles. The number of halogens is 4. The molecule has 1 aliphatic rings. The molecule has 0 amide bonds. The van der Waals surface area contributed by atoms with Gasteiger partial charge in [-0.05, 0) is 24.3 Å². The molecule has 0 aromatic heterocycles. The van der Waals surface area contributed by atoms with Gasteiger partial charge < -0.3 is 4.74 Å². The van der Waals surface area contributed by atoms with Crippen LogP contribution in [0.15, 0.2) is 29.3 Å². The lowest BCUT2D eigenvalue weighted by atomic mass is 10.2. The van der Waals surface area contributed by atoms with Crippen molar-refractivity contribution in [2.24, 2.45) is 4.99 Å². The van der Waals surface area contributed by atoms with E-state index in [0.717, 1.165) is 0 Å². The molecule has 1 aliphatic heterocycles. The van der Waals surface area contributed by atoms with E-state index in [1.54, 1.807) is 0 Å². The fourth-order valence-electron chi connectivity index (χ4n) is 1.53. The summed E-state index contributed by atoms with van der Waals surface area (Å²) in [5.74, 6) is -0.279. The predicted octanol–water partition coefficient (Wildman–Crippen LogP) is 2.92. The molecule has 1 unspecified atom stereocenters. The van der Waals surface area contributed by atoms with Crippen molar-refractivity contribution in [3.8, 4) is 0 Å². The molecule has 0 saturated heterocycles. The first-order valence-electron chi connectivity index (χ1n) is 4.98. The third-order valence-corrected chi connectivity index (χ3v) is 2.27. The van der Waals surface area contributed by atoms with Crippen molar-refractivity contribution in [3.05, 3.63) is 35.6 Å². The van der Waals surface area contributed by atoms with Crippen molar-refractivity contribution in [3.63, 3.8) is 0 Å². The van der Waals surface area contributed by atoms with Gasteiger partial charge in [-0.15, -0.1) is 0 Å². The number of rotatable bonds is 2. The number of hydrogen-bond donors (Lipinski definition) is 0. The maximum absolute atomic E-state index is 12.6. The molecule has 1 aromatic carbocycles. The molecule has 2 rings (SSSR count). The summed E-state index contributed by atoms with van der Waals surface area (Å²) in [5.41, 5.74) is 0.482. The Labute approximate surface area is 94.9 Å². The Kier molecular flexibility index (Phi) is 3.04. The minimum Gasteiger partial charge on any atom is -0.472 e. The van der Waals surface area contributed by atoms with Crippen molar-refractivity contribution in [1.82, 2.24) is 0 Å². The van der Waals surface area contributed by atoms with E-state index in [9.17, 15) is 17.6 Å². The van der Waals surface area contributed by atoms with E-state index in [2.05, 4.69) is 4.99 Å². The van der Waals surface area contributed by atoms with Crippen molar-refractivity contribution in [2.45, 2.75) is 18.7 Å². The van der Waals surface area contributed by atoms with E-state index < -0.39 is 24.5 Å². The van der Waals surface area contributed by atoms with Gasteiger partial charge in [-0.3, -0.25) is 0 Å². The highest BCUT2D eigenvalue weighted by atomic mass is 19.4. The van der Waals surface area contributed by atoms with E-state index >= 15 is 0 Å². The first kappa shape index (κ1) is 11.9. The third-order valence-electron chi connectivity index (χ3n) is 2.27. The number of nitrogens with zero attached hydrogens (tertiary/aromatic N) is 1. The topological polar surface area (TPSA) is 21.6 Å². The van der Waals surface area contributed by atoms with Crippen molar-refractivity contribution in [2.75, 3.05) is 6.54 Å². The lowest BCUT2D eigenvalue weighted by Crippen LogP contribution is -2.22. The van der Waals surface area contributed by atoms with Crippen LogP contribution in [0.3, 0.4) is 0 Å². The molecule has 0 spiro atoms. The van der Waals surface area contributed by atoms with Crippen molar-refractivity contribution >= 4 is 5.90 Å². The van der Waals surface area contributed by atoms with Gasteiger partial charge in [0.15, 0.2) is 0 Å². The number of alkyl halides is 3. The summed E-state index contributed by atoms with van der Waals surface area (Å²) in [6.45, 7) is -0.0216. The molecule has 6 heteroatoms. The summed E-state index contributed by atoms with van der Waals surface area (Å²) in [4.78, 5) is 3.87. The van der Waals surface area contributed by atoms with Crippen LogP contribution in [-0.4, -0.2) is 24.7 Å². The molecule has 0 fully saturated rings. The molecule has 92 valence electrons. The summed E-state index contributed by atoms with van der Waals surface area (Å²) < 4.78 is 54.0. The Morgan fingerprint density at radius 3 is 2.47 bits per heavy atom. The van der Waals surface area contributed by atoms with E-state index in [1.165, 1.54) is 24.3 Å². The van der Waals surface area contributed by atoms with Gasteiger partial charge >= 0.3 is 6.18 Å². The molecule has 1 atom stereocenters. The maximum atomic E-state index is 12.6. The first-order chi connectivity index (χ1) is 7.94. The monoisotopic (exact) mass is 247 g/mol. The molecule has 1 heterocycles. The standard InChI is InChI=1S/C11H9F4NO/c12-8-3-1-7(2-4-8)10-16-6-9(17-10)5-11(13,14)15/h1-4,9H,5-6H2. The van der Waals surface area contributed by atoms with Gasteiger partial charge in [0.25, 0.3) is 0 Å². The number of hydrogen-bond acceptors (Lipinski definition) is 2. The highest BCUT2D eigenvalue weighted by Crippen LogP contribution is 2.26. The molecule has 17 heavy (non-hydrogen) atoms. The van der Waals surface area contributed by atoms with Gasteiger partial charge in [-0.2, -0.15) is 13.2 Å². The molecule has 0 bridgehead atoms. The zero-order valence-corrected chi connectivity index (χ0v) is 8.67. The van der Waals surface area contributed by atoms with E-state index in [4.69, 9.17) is 4.74 Å². The SMILES string of the molecule is Fc1ccc(C2=NCC(CC(F)(F)F)O2)cc1. The van der Waals surface area contributed by atoms with Crippen molar-refractivity contribution < 1.29 is 22.3 Å². The van der Waals surface area contributed by atoms with Crippen LogP contribution in [0.4, 0.5) is 17.6 Å². The highest BCUT2D eigenvalue weighted by Gasteiger charge is 2.35. The average Bonchev–Trinajstić information content (AvgIpc) is 2.64. The van der Waals surface area contributed by atoms with Crippen LogP contribution >= 0.6 is 0 Å².